The maximum atomic E-state index is 12.8. The van der Waals surface area contributed by atoms with Crippen LogP contribution in [-0.4, -0.2) is 5.11 Å². The smallest absolute Gasteiger partial charge is 0.388 e. The summed E-state index contributed by atoms with van der Waals surface area (Å²) in [7, 11) is 0. The molecule has 0 fully saturated rings. The molecule has 0 aromatic heterocycles. The highest BCUT2D eigenvalue weighted by Crippen LogP contribution is 2.35. The number of aliphatic hydroxyl groups is 1. The fourth-order valence-electron chi connectivity index (χ4n) is 2.84. The molecular weight excluding hydrogens is 277 g/mol. The van der Waals surface area contributed by atoms with Crippen LogP contribution in [0.1, 0.15) is 35.6 Å². The van der Waals surface area contributed by atoms with Gasteiger partial charge in [0.1, 0.15) is 0 Å². The van der Waals surface area contributed by atoms with E-state index in [0.717, 1.165) is 42.0 Å². The van der Waals surface area contributed by atoms with Crippen molar-refractivity contribution in [1.82, 2.24) is 0 Å². The van der Waals surface area contributed by atoms with Gasteiger partial charge in [0.15, 0.2) is 0 Å². The Morgan fingerprint density at radius 2 is 1.76 bits per heavy atom. The second-order valence-corrected chi connectivity index (χ2v) is 5.40. The largest absolute Gasteiger partial charge is 0.416 e. The van der Waals surface area contributed by atoms with Crippen molar-refractivity contribution in [3.05, 3.63) is 59.2 Å². The molecule has 21 heavy (non-hydrogen) atoms. The van der Waals surface area contributed by atoms with Gasteiger partial charge >= 0.3 is 6.18 Å². The predicted octanol–water partition coefficient (Wildman–Crippen LogP) is 4.74. The minimum absolute atomic E-state index is 0.454. The molecule has 0 spiro atoms. The lowest BCUT2D eigenvalue weighted by molar-refractivity contribution is -0.137. The van der Waals surface area contributed by atoms with Crippen LogP contribution in [0.15, 0.2) is 42.5 Å². The summed E-state index contributed by atoms with van der Waals surface area (Å²) in [5, 5.41) is 9.92. The fourth-order valence-corrected chi connectivity index (χ4v) is 2.84. The molecule has 0 saturated carbocycles. The molecule has 0 heterocycles. The van der Waals surface area contributed by atoms with E-state index in [0.29, 0.717) is 5.56 Å². The van der Waals surface area contributed by atoms with Gasteiger partial charge in [-0.05, 0) is 53.6 Å². The van der Waals surface area contributed by atoms with E-state index in [4.69, 9.17) is 0 Å². The summed E-state index contributed by atoms with van der Waals surface area (Å²) in [6.07, 6.45) is -2.28. The third-order valence-electron chi connectivity index (χ3n) is 3.95. The van der Waals surface area contributed by atoms with E-state index in [1.807, 2.05) is 12.1 Å². The van der Waals surface area contributed by atoms with Crippen LogP contribution in [0, 0.1) is 0 Å². The summed E-state index contributed by atoms with van der Waals surface area (Å²) < 4.78 is 38.3. The zero-order valence-corrected chi connectivity index (χ0v) is 11.3. The average molecular weight is 292 g/mol. The molecule has 1 atom stereocenters. The molecule has 0 amide bonds. The van der Waals surface area contributed by atoms with Crippen molar-refractivity contribution in [2.45, 2.75) is 31.5 Å². The maximum absolute atomic E-state index is 12.8. The Hall–Kier alpha value is -1.81. The minimum atomic E-state index is -4.33. The van der Waals surface area contributed by atoms with E-state index in [1.54, 1.807) is 12.1 Å². The van der Waals surface area contributed by atoms with Crippen LogP contribution in [-0.2, 0) is 12.6 Å². The van der Waals surface area contributed by atoms with E-state index < -0.39 is 17.8 Å². The van der Waals surface area contributed by atoms with Crippen LogP contribution in [0.5, 0.6) is 0 Å². The summed E-state index contributed by atoms with van der Waals surface area (Å²) in [6.45, 7) is 0. The van der Waals surface area contributed by atoms with Gasteiger partial charge in [0.05, 0.1) is 11.7 Å². The zero-order chi connectivity index (χ0) is 15.0. The van der Waals surface area contributed by atoms with Gasteiger partial charge in [0.2, 0.25) is 0 Å². The molecule has 1 unspecified atom stereocenters. The molecule has 0 aliphatic heterocycles. The Kier molecular flexibility index (Phi) is 3.49. The maximum Gasteiger partial charge on any atom is 0.416 e. The number of fused-ring (bicyclic) bond motifs is 1. The highest BCUT2D eigenvalue weighted by Gasteiger charge is 2.30. The molecule has 1 nitrogen and oxygen atoms in total. The topological polar surface area (TPSA) is 20.2 Å². The first-order valence-electron chi connectivity index (χ1n) is 6.94. The number of hydrogen-bond acceptors (Lipinski definition) is 1. The number of hydrogen-bond donors (Lipinski definition) is 1. The number of aryl methyl sites for hydroxylation is 1. The Balaban J connectivity index is 2.02. The molecule has 2 aromatic carbocycles. The van der Waals surface area contributed by atoms with Gasteiger partial charge in [-0.15, -0.1) is 0 Å². The molecule has 1 aliphatic carbocycles. The standard InChI is InChI=1S/C17H15F3O/c18-17(19,20)14-5-1-3-11(10-14)12-7-8-15-13(9-12)4-2-6-16(15)21/h1,3,5,7-10,16,21H,2,4,6H2. The zero-order valence-electron chi connectivity index (χ0n) is 11.3. The summed E-state index contributed by atoms with van der Waals surface area (Å²) >= 11 is 0. The van der Waals surface area contributed by atoms with E-state index >= 15 is 0 Å². The SMILES string of the molecule is OC1CCCc2cc(-c3cccc(C(F)(F)F)c3)ccc21. The Morgan fingerprint density at radius 1 is 1.00 bits per heavy atom. The highest BCUT2D eigenvalue weighted by molar-refractivity contribution is 5.66. The average Bonchev–Trinajstić information content (AvgIpc) is 2.46. The molecule has 3 rings (SSSR count). The molecule has 1 N–H and O–H groups in total. The van der Waals surface area contributed by atoms with Crippen molar-refractivity contribution in [2.75, 3.05) is 0 Å². The minimum Gasteiger partial charge on any atom is -0.388 e. The Bertz CT molecular complexity index is 661. The lowest BCUT2D eigenvalue weighted by Crippen LogP contribution is -2.09. The second kappa shape index (κ2) is 5.19. The van der Waals surface area contributed by atoms with Crippen LogP contribution in [0.3, 0.4) is 0 Å². The first kappa shape index (κ1) is 14.1. The lowest BCUT2D eigenvalue weighted by Gasteiger charge is -2.22. The van der Waals surface area contributed by atoms with Crippen molar-refractivity contribution < 1.29 is 18.3 Å². The molecule has 2 aromatic rings. The summed E-state index contributed by atoms with van der Waals surface area (Å²) in [6, 6.07) is 10.8. The van der Waals surface area contributed by atoms with Crippen molar-refractivity contribution in [1.29, 1.82) is 0 Å². The summed E-state index contributed by atoms with van der Waals surface area (Å²) in [4.78, 5) is 0. The van der Waals surface area contributed by atoms with E-state index in [9.17, 15) is 18.3 Å². The first-order valence-corrected chi connectivity index (χ1v) is 6.94. The van der Waals surface area contributed by atoms with Crippen LogP contribution >= 0.6 is 0 Å². The molecule has 110 valence electrons. The monoisotopic (exact) mass is 292 g/mol. The number of alkyl halides is 3. The molecule has 0 radical (unpaired) electrons. The third-order valence-corrected chi connectivity index (χ3v) is 3.95. The van der Waals surface area contributed by atoms with E-state index in [1.165, 1.54) is 12.1 Å². The van der Waals surface area contributed by atoms with Gasteiger partial charge in [-0.25, -0.2) is 0 Å². The first-order chi connectivity index (χ1) is 9.95. The number of rotatable bonds is 1. The van der Waals surface area contributed by atoms with Crippen LogP contribution in [0.4, 0.5) is 13.2 Å². The quantitative estimate of drug-likeness (QED) is 0.804. The van der Waals surface area contributed by atoms with Gasteiger partial charge in [-0.3, -0.25) is 0 Å². The predicted molar refractivity (Wildman–Crippen MR) is 74.8 cm³/mol. The summed E-state index contributed by atoms with van der Waals surface area (Å²) in [5.74, 6) is 0. The Morgan fingerprint density at radius 3 is 2.52 bits per heavy atom. The van der Waals surface area contributed by atoms with E-state index in [2.05, 4.69) is 0 Å². The molecule has 0 saturated heterocycles. The van der Waals surface area contributed by atoms with Crippen LogP contribution in [0.25, 0.3) is 11.1 Å². The normalized spacial score (nSPS) is 18.4. The molecular formula is C17H15F3O. The van der Waals surface area contributed by atoms with Gasteiger partial charge < -0.3 is 5.11 Å². The number of halogens is 3. The van der Waals surface area contributed by atoms with Gasteiger partial charge in [-0.2, -0.15) is 13.2 Å². The molecule has 0 bridgehead atoms. The summed E-state index contributed by atoms with van der Waals surface area (Å²) in [5.41, 5.74) is 2.60. The van der Waals surface area contributed by atoms with E-state index in [-0.39, 0.29) is 0 Å². The van der Waals surface area contributed by atoms with Crippen molar-refractivity contribution in [2.24, 2.45) is 0 Å². The number of aliphatic hydroxyl groups excluding tert-OH is 1. The van der Waals surface area contributed by atoms with Gasteiger partial charge in [-0.1, -0.05) is 30.3 Å². The molecule has 4 heteroatoms. The lowest BCUT2D eigenvalue weighted by atomic mass is 9.87. The van der Waals surface area contributed by atoms with Crippen LogP contribution in [0.2, 0.25) is 0 Å². The highest BCUT2D eigenvalue weighted by atomic mass is 19.4. The number of benzene rings is 2. The van der Waals surface area contributed by atoms with Gasteiger partial charge in [0, 0.05) is 0 Å². The van der Waals surface area contributed by atoms with Gasteiger partial charge in [0.25, 0.3) is 0 Å². The third kappa shape index (κ3) is 2.81. The molecule has 1 aliphatic rings. The fraction of sp³-hybridized carbons (Fsp3) is 0.294. The van der Waals surface area contributed by atoms with Crippen molar-refractivity contribution >= 4 is 0 Å². The second-order valence-electron chi connectivity index (χ2n) is 5.40. The van der Waals surface area contributed by atoms with Crippen molar-refractivity contribution in [3.8, 4) is 11.1 Å². The van der Waals surface area contributed by atoms with Crippen molar-refractivity contribution in [3.63, 3.8) is 0 Å². The van der Waals surface area contributed by atoms with Crippen LogP contribution < -0.4 is 0 Å². The Labute approximate surface area is 121 Å².